The van der Waals surface area contributed by atoms with Crippen molar-refractivity contribution in [1.29, 1.82) is 0 Å². The number of amides is 3. The van der Waals surface area contributed by atoms with E-state index in [1.165, 1.54) is 4.90 Å². The van der Waals surface area contributed by atoms with Gasteiger partial charge in [0.1, 0.15) is 0 Å². The van der Waals surface area contributed by atoms with Crippen molar-refractivity contribution in [2.24, 2.45) is 0 Å². The average molecular weight is 418 g/mol. The highest BCUT2D eigenvalue weighted by Crippen LogP contribution is 2.26. The number of imide groups is 1. The van der Waals surface area contributed by atoms with E-state index in [4.69, 9.17) is 4.74 Å². The fourth-order valence-electron chi connectivity index (χ4n) is 4.10. The van der Waals surface area contributed by atoms with E-state index in [-0.39, 0.29) is 35.9 Å². The highest BCUT2D eigenvalue weighted by Gasteiger charge is 2.38. The highest BCUT2D eigenvalue weighted by molar-refractivity contribution is 6.22. The summed E-state index contributed by atoms with van der Waals surface area (Å²) < 4.78 is 5.58. The van der Waals surface area contributed by atoms with Crippen LogP contribution in [0.3, 0.4) is 0 Å². The van der Waals surface area contributed by atoms with Gasteiger partial charge in [-0.3, -0.25) is 19.3 Å². The van der Waals surface area contributed by atoms with E-state index in [0.29, 0.717) is 30.8 Å². The molecular formula is C25H26N2O4. The number of fused-ring (bicyclic) bond motifs is 1. The second-order valence-corrected chi connectivity index (χ2v) is 7.89. The van der Waals surface area contributed by atoms with E-state index < -0.39 is 0 Å². The SMILES string of the molecule is C=CCN(CCc1ccccc1)C(=O)c1ccc2c(c1)C(=O)N(CC1CCCO1)C2=O. The van der Waals surface area contributed by atoms with E-state index in [1.807, 2.05) is 30.3 Å². The molecule has 1 atom stereocenters. The Bertz CT molecular complexity index is 996. The van der Waals surface area contributed by atoms with E-state index in [1.54, 1.807) is 29.2 Å². The van der Waals surface area contributed by atoms with Gasteiger partial charge in [-0.1, -0.05) is 36.4 Å². The van der Waals surface area contributed by atoms with E-state index in [9.17, 15) is 14.4 Å². The summed E-state index contributed by atoms with van der Waals surface area (Å²) in [6, 6.07) is 14.7. The molecule has 2 heterocycles. The Hall–Kier alpha value is -3.25. The third-order valence-electron chi connectivity index (χ3n) is 5.78. The largest absolute Gasteiger partial charge is 0.376 e. The van der Waals surface area contributed by atoms with Crippen LogP contribution in [0.1, 0.15) is 49.5 Å². The number of hydrogen-bond donors (Lipinski definition) is 0. The number of benzene rings is 2. The van der Waals surface area contributed by atoms with Gasteiger partial charge >= 0.3 is 0 Å². The van der Waals surface area contributed by atoms with Crippen molar-refractivity contribution in [3.8, 4) is 0 Å². The summed E-state index contributed by atoms with van der Waals surface area (Å²) in [4.78, 5) is 41.7. The summed E-state index contributed by atoms with van der Waals surface area (Å²) in [6.07, 6.45) is 4.08. The van der Waals surface area contributed by atoms with Crippen molar-refractivity contribution in [2.75, 3.05) is 26.2 Å². The van der Waals surface area contributed by atoms with Gasteiger partial charge in [-0.2, -0.15) is 0 Å². The zero-order valence-corrected chi connectivity index (χ0v) is 17.5. The van der Waals surface area contributed by atoms with Gasteiger partial charge in [-0.25, -0.2) is 0 Å². The first kappa shape index (κ1) is 21.0. The Labute approximate surface area is 182 Å². The van der Waals surface area contributed by atoms with Crippen molar-refractivity contribution >= 4 is 17.7 Å². The molecule has 31 heavy (non-hydrogen) atoms. The Balaban J connectivity index is 1.50. The quantitative estimate of drug-likeness (QED) is 0.487. The monoisotopic (exact) mass is 418 g/mol. The van der Waals surface area contributed by atoms with Crippen molar-refractivity contribution in [3.63, 3.8) is 0 Å². The van der Waals surface area contributed by atoms with Gasteiger partial charge in [-0.15, -0.1) is 6.58 Å². The van der Waals surface area contributed by atoms with Gasteiger partial charge < -0.3 is 9.64 Å². The van der Waals surface area contributed by atoms with Crippen LogP contribution in [0.15, 0.2) is 61.2 Å². The molecule has 160 valence electrons. The zero-order chi connectivity index (χ0) is 21.8. The first-order chi connectivity index (χ1) is 15.1. The van der Waals surface area contributed by atoms with E-state index >= 15 is 0 Å². The lowest BCUT2D eigenvalue weighted by Gasteiger charge is -2.21. The second-order valence-electron chi connectivity index (χ2n) is 7.89. The van der Waals surface area contributed by atoms with Crippen LogP contribution >= 0.6 is 0 Å². The number of carbonyl (C=O) groups is 3. The minimum atomic E-state index is -0.357. The van der Waals surface area contributed by atoms with Crippen LogP contribution in [0.25, 0.3) is 0 Å². The highest BCUT2D eigenvalue weighted by atomic mass is 16.5. The Morgan fingerprint density at radius 3 is 2.61 bits per heavy atom. The predicted molar refractivity (Wildman–Crippen MR) is 117 cm³/mol. The third kappa shape index (κ3) is 4.44. The number of rotatable bonds is 8. The molecule has 0 aliphatic carbocycles. The fraction of sp³-hybridized carbons (Fsp3) is 0.320. The van der Waals surface area contributed by atoms with Crippen LogP contribution in [0.2, 0.25) is 0 Å². The summed E-state index contributed by atoms with van der Waals surface area (Å²) in [5.41, 5.74) is 2.17. The first-order valence-corrected chi connectivity index (χ1v) is 10.6. The molecule has 2 aromatic carbocycles. The normalized spacial score (nSPS) is 17.7. The molecule has 2 aliphatic heterocycles. The van der Waals surface area contributed by atoms with Gasteiger partial charge in [0.25, 0.3) is 17.7 Å². The molecule has 6 heteroatoms. The summed E-state index contributed by atoms with van der Waals surface area (Å²) in [5, 5.41) is 0. The molecule has 0 bridgehead atoms. The molecule has 2 aliphatic rings. The molecule has 1 unspecified atom stereocenters. The lowest BCUT2D eigenvalue weighted by Crippen LogP contribution is -2.36. The van der Waals surface area contributed by atoms with Gasteiger partial charge in [0, 0.05) is 25.3 Å². The number of nitrogens with zero attached hydrogens (tertiary/aromatic N) is 2. The summed E-state index contributed by atoms with van der Waals surface area (Å²) in [5.74, 6) is -0.859. The van der Waals surface area contributed by atoms with Gasteiger partial charge in [-0.05, 0) is 43.0 Å². The fourth-order valence-corrected chi connectivity index (χ4v) is 4.10. The molecule has 2 aromatic rings. The van der Waals surface area contributed by atoms with Gasteiger partial charge in [0.05, 0.1) is 23.8 Å². The van der Waals surface area contributed by atoms with Crippen molar-refractivity contribution in [3.05, 3.63) is 83.4 Å². The average Bonchev–Trinajstić information content (AvgIpc) is 3.39. The van der Waals surface area contributed by atoms with Crippen LogP contribution in [-0.4, -0.2) is 59.9 Å². The molecule has 0 radical (unpaired) electrons. The Morgan fingerprint density at radius 1 is 1.13 bits per heavy atom. The Morgan fingerprint density at radius 2 is 1.90 bits per heavy atom. The minimum Gasteiger partial charge on any atom is -0.376 e. The van der Waals surface area contributed by atoms with Gasteiger partial charge in [0.2, 0.25) is 0 Å². The van der Waals surface area contributed by atoms with Crippen molar-refractivity contribution in [2.45, 2.75) is 25.4 Å². The van der Waals surface area contributed by atoms with Crippen LogP contribution in [-0.2, 0) is 11.2 Å². The molecule has 6 nitrogen and oxygen atoms in total. The topological polar surface area (TPSA) is 66.9 Å². The predicted octanol–water partition coefficient (Wildman–Crippen LogP) is 3.33. The second kappa shape index (κ2) is 9.27. The molecular weight excluding hydrogens is 392 g/mol. The number of carbonyl (C=O) groups excluding carboxylic acids is 3. The van der Waals surface area contributed by atoms with Crippen LogP contribution < -0.4 is 0 Å². The molecule has 0 aromatic heterocycles. The van der Waals surface area contributed by atoms with Gasteiger partial charge in [0.15, 0.2) is 0 Å². The number of ether oxygens (including phenoxy) is 1. The molecule has 4 rings (SSSR count). The summed E-state index contributed by atoms with van der Waals surface area (Å²) >= 11 is 0. The van der Waals surface area contributed by atoms with Crippen LogP contribution in [0, 0.1) is 0 Å². The lowest BCUT2D eigenvalue weighted by atomic mass is 10.0. The minimum absolute atomic E-state index is 0.107. The maximum Gasteiger partial charge on any atom is 0.261 e. The Kier molecular flexibility index (Phi) is 6.28. The zero-order valence-electron chi connectivity index (χ0n) is 17.5. The summed E-state index contributed by atoms with van der Waals surface area (Å²) in [6.45, 7) is 5.61. The molecule has 1 saturated heterocycles. The van der Waals surface area contributed by atoms with Crippen LogP contribution in [0.5, 0.6) is 0 Å². The first-order valence-electron chi connectivity index (χ1n) is 10.6. The van der Waals surface area contributed by atoms with E-state index in [2.05, 4.69) is 6.58 Å². The standard InChI is InChI=1S/C25H26N2O4/c1-2-13-26(14-12-18-7-4-3-5-8-18)23(28)19-10-11-21-22(16-19)25(30)27(24(21)29)17-20-9-6-15-31-20/h2-5,7-8,10-11,16,20H,1,6,9,12-15,17H2. The lowest BCUT2D eigenvalue weighted by molar-refractivity contribution is 0.0475. The molecule has 1 fully saturated rings. The molecule has 3 amide bonds. The maximum atomic E-state index is 13.2. The third-order valence-corrected chi connectivity index (χ3v) is 5.78. The van der Waals surface area contributed by atoms with Crippen LogP contribution in [0.4, 0.5) is 0 Å². The molecule has 0 N–H and O–H groups in total. The number of hydrogen-bond acceptors (Lipinski definition) is 4. The maximum absolute atomic E-state index is 13.2. The van der Waals surface area contributed by atoms with Crippen molar-refractivity contribution in [1.82, 2.24) is 9.80 Å². The summed E-state index contributed by atoms with van der Waals surface area (Å²) in [7, 11) is 0. The molecule has 0 spiro atoms. The molecule has 0 saturated carbocycles. The smallest absolute Gasteiger partial charge is 0.261 e. The van der Waals surface area contributed by atoms with E-state index in [0.717, 1.165) is 24.8 Å². The van der Waals surface area contributed by atoms with Crippen molar-refractivity contribution < 1.29 is 19.1 Å².